The van der Waals surface area contributed by atoms with Gasteiger partial charge in [0, 0.05) is 18.5 Å². The molecule has 4 heteroatoms. The Hall–Kier alpha value is -2.10. The molecule has 3 rings (SSSR count). The molecule has 0 fully saturated rings. The van der Waals surface area contributed by atoms with Crippen LogP contribution in [0.5, 0.6) is 5.75 Å². The van der Waals surface area contributed by atoms with E-state index < -0.39 is 0 Å². The summed E-state index contributed by atoms with van der Waals surface area (Å²) in [5.41, 5.74) is 4.06. The van der Waals surface area contributed by atoms with E-state index in [4.69, 9.17) is 4.74 Å². The number of methoxy groups -OCH3 is 1. The van der Waals surface area contributed by atoms with Crippen LogP contribution in [0.15, 0.2) is 23.8 Å². The normalized spacial score (nSPS) is 20.6. The van der Waals surface area contributed by atoms with Gasteiger partial charge in [-0.3, -0.25) is 9.59 Å². The predicted molar refractivity (Wildman–Crippen MR) is 84.6 cm³/mol. The van der Waals surface area contributed by atoms with E-state index in [1.165, 1.54) is 5.56 Å². The van der Waals surface area contributed by atoms with Crippen LogP contribution in [-0.4, -0.2) is 25.3 Å². The monoisotopic (exact) mass is 299 g/mol. The molecule has 1 aliphatic heterocycles. The predicted octanol–water partition coefficient (Wildman–Crippen LogP) is 2.51. The Morgan fingerprint density at radius 3 is 2.91 bits per heavy atom. The minimum absolute atomic E-state index is 0.0268. The Bertz CT molecular complexity index is 660. The van der Waals surface area contributed by atoms with Crippen LogP contribution in [0.4, 0.5) is 0 Å². The first-order valence-corrected chi connectivity index (χ1v) is 7.78. The van der Waals surface area contributed by atoms with E-state index in [0.717, 1.165) is 36.1 Å². The van der Waals surface area contributed by atoms with Gasteiger partial charge in [0.25, 0.3) is 0 Å². The number of allylic oxidation sites excluding steroid dienone is 1. The zero-order valence-corrected chi connectivity index (χ0v) is 13.1. The third-order valence-corrected chi connectivity index (χ3v) is 4.58. The lowest BCUT2D eigenvalue weighted by molar-refractivity contribution is -0.120. The van der Waals surface area contributed by atoms with Crippen molar-refractivity contribution in [3.8, 4) is 5.75 Å². The highest BCUT2D eigenvalue weighted by Crippen LogP contribution is 2.42. The summed E-state index contributed by atoms with van der Waals surface area (Å²) in [6.07, 6.45) is 3.16. The van der Waals surface area contributed by atoms with Crippen molar-refractivity contribution in [3.05, 3.63) is 34.9 Å². The Morgan fingerprint density at radius 2 is 2.18 bits per heavy atom. The molecule has 0 spiro atoms. The number of nitrogens with one attached hydrogen (secondary N) is 1. The number of benzene rings is 1. The molecule has 22 heavy (non-hydrogen) atoms. The number of ether oxygens (including phenoxy) is 1. The lowest BCUT2D eigenvalue weighted by atomic mass is 9.75. The number of carbonyl (C=O) groups excluding carboxylic acids is 2. The van der Waals surface area contributed by atoms with Crippen LogP contribution in [0.1, 0.15) is 37.3 Å². The molecule has 1 heterocycles. The topological polar surface area (TPSA) is 55.4 Å². The maximum absolute atomic E-state index is 12.4. The lowest BCUT2D eigenvalue weighted by Crippen LogP contribution is -2.25. The lowest BCUT2D eigenvalue weighted by Gasteiger charge is -2.28. The number of carbonyl (C=O) groups is 2. The Balaban J connectivity index is 2.16. The highest BCUT2D eigenvalue weighted by molar-refractivity contribution is 6.06. The van der Waals surface area contributed by atoms with Gasteiger partial charge in [-0.1, -0.05) is 6.07 Å². The number of hydrogen-bond donors (Lipinski definition) is 1. The standard InChI is InChI=1S/C18H21NO3/c1-11(20)9-16-17-12(7-8-19-18(16)21)3-4-13-10-14(22-2)5-6-15(13)17/h5-6,10,12H,3-4,7-9H2,1-2H3,(H,19,21). The Morgan fingerprint density at radius 1 is 1.36 bits per heavy atom. The summed E-state index contributed by atoms with van der Waals surface area (Å²) >= 11 is 0. The van der Waals surface area contributed by atoms with Crippen LogP contribution in [0, 0.1) is 5.92 Å². The number of ketones is 1. The molecule has 2 aliphatic rings. The van der Waals surface area contributed by atoms with Crippen LogP contribution < -0.4 is 10.1 Å². The molecule has 1 aliphatic carbocycles. The summed E-state index contributed by atoms with van der Waals surface area (Å²) in [7, 11) is 1.66. The average molecular weight is 299 g/mol. The molecule has 0 bridgehead atoms. The number of aryl methyl sites for hydroxylation is 1. The molecule has 1 atom stereocenters. The van der Waals surface area contributed by atoms with Crippen molar-refractivity contribution in [1.29, 1.82) is 0 Å². The first-order valence-electron chi connectivity index (χ1n) is 7.78. The van der Waals surface area contributed by atoms with Crippen LogP contribution in [0.25, 0.3) is 5.57 Å². The molecular formula is C18H21NO3. The fourth-order valence-electron chi connectivity index (χ4n) is 3.57. The molecule has 1 unspecified atom stereocenters. The highest BCUT2D eigenvalue weighted by Gasteiger charge is 2.31. The van der Waals surface area contributed by atoms with E-state index in [0.29, 0.717) is 18.0 Å². The number of Topliss-reactive ketones (excluding diaryl/α,β-unsaturated/α-hetero) is 1. The van der Waals surface area contributed by atoms with Gasteiger partial charge in [0.2, 0.25) is 5.91 Å². The SMILES string of the molecule is COc1ccc2c(c1)CCC1CCNC(=O)C(CC(C)=O)=C21. The molecule has 0 aromatic heterocycles. The molecule has 0 saturated carbocycles. The van der Waals surface area contributed by atoms with Gasteiger partial charge in [0.05, 0.1) is 7.11 Å². The van der Waals surface area contributed by atoms with E-state index in [9.17, 15) is 9.59 Å². The van der Waals surface area contributed by atoms with Crippen LogP contribution in [-0.2, 0) is 16.0 Å². The quantitative estimate of drug-likeness (QED) is 0.933. The smallest absolute Gasteiger partial charge is 0.247 e. The summed E-state index contributed by atoms with van der Waals surface area (Å²) in [6, 6.07) is 6.02. The van der Waals surface area contributed by atoms with Gasteiger partial charge in [-0.25, -0.2) is 0 Å². The zero-order valence-electron chi connectivity index (χ0n) is 13.1. The molecule has 1 amide bonds. The minimum atomic E-state index is -0.0867. The van der Waals surface area contributed by atoms with Crippen LogP contribution >= 0.6 is 0 Å². The van der Waals surface area contributed by atoms with Crippen molar-refractivity contribution < 1.29 is 14.3 Å². The van der Waals surface area contributed by atoms with Crippen LogP contribution in [0.2, 0.25) is 0 Å². The first-order chi connectivity index (χ1) is 10.6. The molecule has 1 aromatic rings. The molecule has 1 N–H and O–H groups in total. The fourth-order valence-corrected chi connectivity index (χ4v) is 3.57. The fraction of sp³-hybridized carbons (Fsp3) is 0.444. The minimum Gasteiger partial charge on any atom is -0.497 e. The van der Waals surface area contributed by atoms with Crippen molar-refractivity contribution in [2.75, 3.05) is 13.7 Å². The summed E-state index contributed by atoms with van der Waals surface area (Å²) in [5, 5.41) is 2.94. The summed E-state index contributed by atoms with van der Waals surface area (Å²) in [5.74, 6) is 1.13. The highest BCUT2D eigenvalue weighted by atomic mass is 16.5. The van der Waals surface area contributed by atoms with E-state index >= 15 is 0 Å². The second-order valence-corrected chi connectivity index (χ2v) is 6.07. The van der Waals surface area contributed by atoms with E-state index in [1.807, 2.05) is 18.2 Å². The van der Waals surface area contributed by atoms with Crippen molar-refractivity contribution in [1.82, 2.24) is 5.32 Å². The van der Waals surface area contributed by atoms with Gasteiger partial charge < -0.3 is 10.1 Å². The summed E-state index contributed by atoms with van der Waals surface area (Å²) in [6.45, 7) is 2.22. The second-order valence-electron chi connectivity index (χ2n) is 6.07. The first kappa shape index (κ1) is 14.8. The van der Waals surface area contributed by atoms with Gasteiger partial charge >= 0.3 is 0 Å². The van der Waals surface area contributed by atoms with E-state index in [1.54, 1.807) is 14.0 Å². The summed E-state index contributed by atoms with van der Waals surface area (Å²) < 4.78 is 5.30. The van der Waals surface area contributed by atoms with Gasteiger partial charge in [-0.2, -0.15) is 0 Å². The number of rotatable bonds is 3. The molecule has 116 valence electrons. The molecule has 1 aromatic carbocycles. The molecule has 4 nitrogen and oxygen atoms in total. The van der Waals surface area contributed by atoms with Gasteiger partial charge in [0.1, 0.15) is 11.5 Å². The largest absolute Gasteiger partial charge is 0.497 e. The van der Waals surface area contributed by atoms with Gasteiger partial charge in [-0.15, -0.1) is 0 Å². The van der Waals surface area contributed by atoms with Crippen LogP contribution in [0.3, 0.4) is 0 Å². The van der Waals surface area contributed by atoms with Gasteiger partial charge in [0.15, 0.2) is 0 Å². The number of amides is 1. The van der Waals surface area contributed by atoms with E-state index in [2.05, 4.69) is 5.32 Å². The van der Waals surface area contributed by atoms with Crippen molar-refractivity contribution >= 4 is 17.3 Å². The maximum Gasteiger partial charge on any atom is 0.247 e. The van der Waals surface area contributed by atoms with Crippen molar-refractivity contribution in [3.63, 3.8) is 0 Å². The second kappa shape index (κ2) is 5.95. The molecular weight excluding hydrogens is 278 g/mol. The Labute approximate surface area is 130 Å². The third-order valence-electron chi connectivity index (χ3n) is 4.58. The molecule has 0 saturated heterocycles. The average Bonchev–Trinajstić information content (AvgIpc) is 2.66. The Kier molecular flexibility index (Phi) is 4.01. The van der Waals surface area contributed by atoms with Gasteiger partial charge in [-0.05, 0) is 60.9 Å². The van der Waals surface area contributed by atoms with Crippen molar-refractivity contribution in [2.24, 2.45) is 5.92 Å². The third kappa shape index (κ3) is 2.65. The maximum atomic E-state index is 12.4. The zero-order chi connectivity index (χ0) is 15.7. The number of fused-ring (bicyclic) bond motifs is 3. The summed E-state index contributed by atoms with van der Waals surface area (Å²) in [4.78, 5) is 24.0. The molecule has 0 radical (unpaired) electrons. The van der Waals surface area contributed by atoms with Crippen molar-refractivity contribution in [2.45, 2.75) is 32.6 Å². The number of hydrogen-bond acceptors (Lipinski definition) is 3. The van der Waals surface area contributed by atoms with E-state index in [-0.39, 0.29) is 18.1 Å².